The molecule has 6 heteroatoms. The Balaban J connectivity index is 2.21. The van der Waals surface area contributed by atoms with Crippen molar-refractivity contribution in [3.05, 3.63) is 56.5 Å². The monoisotopic (exact) mass is 376 g/mol. The first kappa shape index (κ1) is 13.2. The molecule has 1 amide bonds. The number of amides is 1. The Hall–Kier alpha value is -1.21. The minimum absolute atomic E-state index is 0.108. The van der Waals surface area contributed by atoms with Gasteiger partial charge in [-0.25, -0.2) is 9.37 Å². The smallest absolute Gasteiger partial charge is 0.259 e. The van der Waals surface area contributed by atoms with E-state index in [2.05, 4.69) is 32.9 Å². The second-order valence-corrected chi connectivity index (χ2v) is 5.12. The van der Waals surface area contributed by atoms with Gasteiger partial charge in [0, 0.05) is 14.8 Å². The predicted molar refractivity (Wildman–Crippen MR) is 76.3 cm³/mol. The number of pyridine rings is 1. The molecule has 0 saturated carbocycles. The van der Waals surface area contributed by atoms with E-state index in [9.17, 15) is 9.18 Å². The van der Waals surface area contributed by atoms with Gasteiger partial charge < -0.3 is 5.32 Å². The maximum absolute atomic E-state index is 13.4. The van der Waals surface area contributed by atoms with Gasteiger partial charge in [0.05, 0.1) is 5.56 Å². The van der Waals surface area contributed by atoms with Gasteiger partial charge in [-0.2, -0.15) is 0 Å². The number of halogens is 3. The summed E-state index contributed by atoms with van der Waals surface area (Å²) in [6, 6.07) is 7.24. The average Bonchev–Trinajstić information content (AvgIpc) is 2.35. The predicted octanol–water partition coefficient (Wildman–Crippen LogP) is 3.73. The van der Waals surface area contributed by atoms with Crippen molar-refractivity contribution in [1.82, 2.24) is 4.98 Å². The molecule has 0 saturated heterocycles. The Morgan fingerprint density at radius 3 is 2.78 bits per heavy atom. The van der Waals surface area contributed by atoms with Crippen LogP contribution in [0.4, 0.5) is 10.2 Å². The van der Waals surface area contributed by atoms with E-state index in [4.69, 9.17) is 11.6 Å². The first-order valence-electron chi connectivity index (χ1n) is 4.94. The highest BCUT2D eigenvalue weighted by Gasteiger charge is 2.12. The van der Waals surface area contributed by atoms with Crippen LogP contribution in [0.5, 0.6) is 0 Å². The van der Waals surface area contributed by atoms with Crippen molar-refractivity contribution >= 4 is 45.9 Å². The third-order valence-corrected chi connectivity index (χ3v) is 3.02. The number of rotatable bonds is 2. The fraction of sp³-hybridized carbons (Fsp3) is 0. The van der Waals surface area contributed by atoms with Crippen LogP contribution in [0.1, 0.15) is 10.4 Å². The van der Waals surface area contributed by atoms with Crippen molar-refractivity contribution < 1.29 is 9.18 Å². The molecule has 0 atom stereocenters. The summed E-state index contributed by atoms with van der Waals surface area (Å²) in [5, 5.41) is 2.80. The standard InChI is InChI=1S/C12H7ClFIN2O/c13-7-1-3-10(14)9(5-7)12(18)17-11-4-2-8(15)6-16-11/h1-6H,(H,16,17,18). The Morgan fingerprint density at radius 1 is 1.33 bits per heavy atom. The van der Waals surface area contributed by atoms with E-state index in [1.54, 1.807) is 18.3 Å². The lowest BCUT2D eigenvalue weighted by atomic mass is 10.2. The molecule has 0 aliphatic heterocycles. The maximum Gasteiger partial charge on any atom is 0.259 e. The van der Waals surface area contributed by atoms with Crippen molar-refractivity contribution in [2.24, 2.45) is 0 Å². The van der Waals surface area contributed by atoms with Crippen LogP contribution in [0.2, 0.25) is 5.02 Å². The molecular formula is C12H7ClFIN2O. The molecule has 0 fully saturated rings. The van der Waals surface area contributed by atoms with Crippen LogP contribution in [0, 0.1) is 9.39 Å². The first-order chi connectivity index (χ1) is 8.56. The van der Waals surface area contributed by atoms with Gasteiger partial charge in [0.1, 0.15) is 11.6 Å². The number of benzene rings is 1. The average molecular weight is 377 g/mol. The van der Waals surface area contributed by atoms with Gasteiger partial charge in [0.2, 0.25) is 0 Å². The van der Waals surface area contributed by atoms with Gasteiger partial charge >= 0.3 is 0 Å². The van der Waals surface area contributed by atoms with Crippen molar-refractivity contribution in [2.75, 3.05) is 5.32 Å². The number of carbonyl (C=O) groups excluding carboxylic acids is 1. The van der Waals surface area contributed by atoms with Crippen LogP contribution < -0.4 is 5.32 Å². The molecule has 2 rings (SSSR count). The highest BCUT2D eigenvalue weighted by Crippen LogP contribution is 2.16. The summed E-state index contributed by atoms with van der Waals surface area (Å²) in [5.74, 6) is -0.842. The summed E-state index contributed by atoms with van der Waals surface area (Å²) in [4.78, 5) is 15.8. The summed E-state index contributed by atoms with van der Waals surface area (Å²) >= 11 is 7.82. The van der Waals surface area contributed by atoms with Crippen LogP contribution >= 0.6 is 34.2 Å². The fourth-order valence-corrected chi connectivity index (χ4v) is 1.80. The van der Waals surface area contributed by atoms with Crippen molar-refractivity contribution in [3.63, 3.8) is 0 Å². The molecule has 0 unspecified atom stereocenters. The summed E-state index contributed by atoms with van der Waals surface area (Å²) in [7, 11) is 0. The van der Waals surface area contributed by atoms with Crippen molar-refractivity contribution in [3.8, 4) is 0 Å². The zero-order valence-corrected chi connectivity index (χ0v) is 11.9. The lowest BCUT2D eigenvalue weighted by Crippen LogP contribution is -2.14. The number of hydrogen-bond donors (Lipinski definition) is 1. The SMILES string of the molecule is O=C(Nc1ccc(I)cn1)c1cc(Cl)ccc1F. The van der Waals surface area contributed by atoms with Crippen LogP contribution in [0.15, 0.2) is 36.5 Å². The van der Waals surface area contributed by atoms with Gasteiger partial charge in [0.25, 0.3) is 5.91 Å². The Kier molecular flexibility index (Phi) is 4.13. The van der Waals surface area contributed by atoms with Gasteiger partial charge in [-0.3, -0.25) is 4.79 Å². The summed E-state index contributed by atoms with van der Waals surface area (Å²) < 4.78 is 14.4. The molecule has 0 bridgehead atoms. The summed E-state index contributed by atoms with van der Waals surface area (Å²) in [6.45, 7) is 0. The molecule has 0 spiro atoms. The van der Waals surface area contributed by atoms with E-state index in [0.29, 0.717) is 10.8 Å². The molecule has 1 aromatic carbocycles. The molecule has 0 aliphatic carbocycles. The second kappa shape index (κ2) is 5.62. The number of nitrogens with zero attached hydrogens (tertiary/aromatic N) is 1. The Morgan fingerprint density at radius 2 is 2.11 bits per heavy atom. The van der Waals surface area contributed by atoms with Gasteiger partial charge in [-0.15, -0.1) is 0 Å². The van der Waals surface area contributed by atoms with E-state index in [1.165, 1.54) is 12.1 Å². The molecule has 92 valence electrons. The number of aromatic nitrogens is 1. The molecule has 1 aromatic heterocycles. The first-order valence-corrected chi connectivity index (χ1v) is 6.40. The number of hydrogen-bond acceptors (Lipinski definition) is 2. The minimum atomic E-state index is -0.623. The number of anilines is 1. The topological polar surface area (TPSA) is 42.0 Å². The molecule has 2 aromatic rings. The Labute approximate surface area is 122 Å². The summed E-state index contributed by atoms with van der Waals surface area (Å²) in [5.41, 5.74) is -0.108. The van der Waals surface area contributed by atoms with Crippen LogP contribution in [0.3, 0.4) is 0 Å². The molecule has 3 nitrogen and oxygen atoms in total. The quantitative estimate of drug-likeness (QED) is 0.812. The molecular weight excluding hydrogens is 370 g/mol. The second-order valence-electron chi connectivity index (χ2n) is 3.44. The molecule has 18 heavy (non-hydrogen) atoms. The van der Waals surface area contributed by atoms with Crippen molar-refractivity contribution in [1.29, 1.82) is 0 Å². The highest BCUT2D eigenvalue weighted by atomic mass is 127. The fourth-order valence-electron chi connectivity index (χ4n) is 1.30. The molecule has 1 N–H and O–H groups in total. The maximum atomic E-state index is 13.4. The third-order valence-electron chi connectivity index (χ3n) is 2.14. The van der Waals surface area contributed by atoms with Gasteiger partial charge in [-0.05, 0) is 52.9 Å². The van der Waals surface area contributed by atoms with Crippen LogP contribution in [-0.4, -0.2) is 10.9 Å². The van der Waals surface area contributed by atoms with E-state index in [-0.39, 0.29) is 5.56 Å². The number of nitrogens with one attached hydrogen (secondary N) is 1. The molecule has 0 radical (unpaired) electrons. The lowest BCUT2D eigenvalue weighted by Gasteiger charge is -2.05. The zero-order valence-electron chi connectivity index (χ0n) is 8.95. The number of carbonyl (C=O) groups is 1. The molecule has 1 heterocycles. The summed E-state index contributed by atoms with van der Waals surface area (Å²) in [6.07, 6.45) is 1.60. The van der Waals surface area contributed by atoms with E-state index >= 15 is 0 Å². The van der Waals surface area contributed by atoms with E-state index < -0.39 is 11.7 Å². The van der Waals surface area contributed by atoms with E-state index in [0.717, 1.165) is 9.64 Å². The lowest BCUT2D eigenvalue weighted by molar-refractivity contribution is 0.102. The normalized spacial score (nSPS) is 10.2. The molecule has 0 aliphatic rings. The third kappa shape index (κ3) is 3.17. The minimum Gasteiger partial charge on any atom is -0.306 e. The van der Waals surface area contributed by atoms with E-state index in [1.807, 2.05) is 0 Å². The zero-order chi connectivity index (χ0) is 13.1. The van der Waals surface area contributed by atoms with Crippen LogP contribution in [-0.2, 0) is 0 Å². The van der Waals surface area contributed by atoms with Gasteiger partial charge in [0.15, 0.2) is 0 Å². The largest absolute Gasteiger partial charge is 0.306 e. The highest BCUT2D eigenvalue weighted by molar-refractivity contribution is 14.1. The van der Waals surface area contributed by atoms with Crippen molar-refractivity contribution in [2.45, 2.75) is 0 Å². The Bertz CT molecular complexity index is 589. The van der Waals surface area contributed by atoms with Gasteiger partial charge in [-0.1, -0.05) is 11.6 Å². The van der Waals surface area contributed by atoms with Crippen LogP contribution in [0.25, 0.3) is 0 Å².